The zero-order chi connectivity index (χ0) is 15.9. The van der Waals surface area contributed by atoms with Crippen LogP contribution in [0, 0.1) is 0 Å². The summed E-state index contributed by atoms with van der Waals surface area (Å²) in [6.45, 7) is 2.11. The van der Waals surface area contributed by atoms with Crippen LogP contribution in [0.1, 0.15) is 19.3 Å². The van der Waals surface area contributed by atoms with Crippen LogP contribution in [-0.4, -0.2) is 62.4 Å². The number of hydrogen-bond donors (Lipinski definition) is 1. The Balaban J connectivity index is 1.82. The van der Waals surface area contributed by atoms with E-state index in [4.69, 9.17) is 4.74 Å². The zero-order valence-corrected chi connectivity index (χ0v) is 13.7. The fraction of sp³-hybridized carbons (Fsp3) is 0.692. The normalized spacial score (nSPS) is 14.5. The predicted octanol–water partition coefficient (Wildman–Crippen LogP) is 0.254. The Hall–Kier alpha value is -1.74. The molecule has 1 N–H and O–H groups in total. The molecule has 0 spiro atoms. The van der Waals surface area contributed by atoms with Crippen molar-refractivity contribution in [1.29, 1.82) is 0 Å². The SMILES string of the molecule is COCCCNC(=O)CN(C)c1nnc(N2CCCC2=O)s1. The quantitative estimate of drug-likeness (QED) is 0.689. The summed E-state index contributed by atoms with van der Waals surface area (Å²) in [5.41, 5.74) is 0. The van der Waals surface area contributed by atoms with E-state index < -0.39 is 0 Å². The molecule has 0 aliphatic carbocycles. The van der Waals surface area contributed by atoms with Gasteiger partial charge >= 0.3 is 0 Å². The van der Waals surface area contributed by atoms with Gasteiger partial charge in [-0.3, -0.25) is 14.5 Å². The number of ether oxygens (including phenoxy) is 1. The largest absolute Gasteiger partial charge is 0.385 e. The van der Waals surface area contributed by atoms with Crippen LogP contribution in [0.15, 0.2) is 0 Å². The van der Waals surface area contributed by atoms with Crippen molar-refractivity contribution in [3.8, 4) is 0 Å². The van der Waals surface area contributed by atoms with E-state index >= 15 is 0 Å². The van der Waals surface area contributed by atoms with Crippen molar-refractivity contribution in [2.75, 3.05) is 50.2 Å². The Morgan fingerprint density at radius 3 is 3.00 bits per heavy atom. The molecule has 9 heteroatoms. The maximum Gasteiger partial charge on any atom is 0.239 e. The Kier molecular flexibility index (Phi) is 6.08. The number of anilines is 2. The number of methoxy groups -OCH3 is 1. The molecule has 8 nitrogen and oxygen atoms in total. The van der Waals surface area contributed by atoms with Crippen molar-refractivity contribution in [2.24, 2.45) is 0 Å². The lowest BCUT2D eigenvalue weighted by Gasteiger charge is -2.14. The number of hydrogen-bond acceptors (Lipinski definition) is 7. The molecular formula is C13H21N5O3S. The van der Waals surface area contributed by atoms with E-state index in [2.05, 4.69) is 15.5 Å². The number of amides is 2. The minimum Gasteiger partial charge on any atom is -0.385 e. The predicted molar refractivity (Wildman–Crippen MR) is 84.3 cm³/mol. The van der Waals surface area contributed by atoms with Crippen LogP contribution < -0.4 is 15.1 Å². The van der Waals surface area contributed by atoms with Gasteiger partial charge in [0, 0.05) is 40.3 Å². The van der Waals surface area contributed by atoms with Gasteiger partial charge in [-0.1, -0.05) is 11.3 Å². The number of nitrogens with zero attached hydrogens (tertiary/aromatic N) is 4. The third-order valence-corrected chi connectivity index (χ3v) is 4.32. The van der Waals surface area contributed by atoms with Gasteiger partial charge in [0.25, 0.3) is 0 Å². The van der Waals surface area contributed by atoms with E-state index in [1.807, 2.05) is 0 Å². The molecule has 1 fully saturated rings. The van der Waals surface area contributed by atoms with Crippen molar-refractivity contribution >= 4 is 33.4 Å². The van der Waals surface area contributed by atoms with E-state index in [1.54, 1.807) is 24.0 Å². The number of aromatic nitrogens is 2. The summed E-state index contributed by atoms with van der Waals surface area (Å²) in [5.74, 6) is 0.00819. The molecule has 0 unspecified atom stereocenters. The number of carbonyl (C=O) groups is 2. The third kappa shape index (κ3) is 4.38. The third-order valence-electron chi connectivity index (χ3n) is 3.26. The molecule has 2 rings (SSSR count). The minimum absolute atomic E-state index is 0.0763. The number of likely N-dealkylation sites (N-methyl/N-ethyl adjacent to an activating group) is 1. The van der Waals surface area contributed by atoms with Crippen molar-refractivity contribution < 1.29 is 14.3 Å². The van der Waals surface area contributed by atoms with Crippen LogP contribution in [0.5, 0.6) is 0 Å². The van der Waals surface area contributed by atoms with Crippen LogP contribution >= 0.6 is 11.3 Å². The molecule has 2 heterocycles. The zero-order valence-electron chi connectivity index (χ0n) is 12.9. The van der Waals surface area contributed by atoms with Crippen molar-refractivity contribution in [1.82, 2.24) is 15.5 Å². The van der Waals surface area contributed by atoms with Gasteiger partial charge in [0.15, 0.2) is 0 Å². The van der Waals surface area contributed by atoms with Gasteiger partial charge in [-0.25, -0.2) is 0 Å². The molecule has 0 radical (unpaired) electrons. The fourth-order valence-electron chi connectivity index (χ4n) is 2.10. The summed E-state index contributed by atoms with van der Waals surface area (Å²) < 4.78 is 4.92. The minimum atomic E-state index is -0.0763. The average molecular weight is 327 g/mol. The molecule has 0 saturated carbocycles. The van der Waals surface area contributed by atoms with Gasteiger partial charge in [0.2, 0.25) is 22.1 Å². The molecule has 1 saturated heterocycles. The highest BCUT2D eigenvalue weighted by Gasteiger charge is 2.25. The molecule has 0 bridgehead atoms. The van der Waals surface area contributed by atoms with Gasteiger partial charge in [-0.15, -0.1) is 10.2 Å². The Labute approximate surface area is 133 Å². The Morgan fingerprint density at radius 1 is 1.50 bits per heavy atom. The molecule has 1 aliphatic heterocycles. The first-order chi connectivity index (χ1) is 10.6. The highest BCUT2D eigenvalue weighted by Crippen LogP contribution is 2.29. The highest BCUT2D eigenvalue weighted by atomic mass is 32.1. The molecule has 1 aromatic rings. The molecular weight excluding hydrogens is 306 g/mol. The van der Waals surface area contributed by atoms with Crippen LogP contribution in [0.25, 0.3) is 0 Å². The Bertz CT molecular complexity index is 522. The van der Waals surface area contributed by atoms with E-state index in [-0.39, 0.29) is 18.4 Å². The fourth-order valence-corrected chi connectivity index (χ4v) is 2.96. The van der Waals surface area contributed by atoms with Gasteiger partial charge in [0.1, 0.15) is 0 Å². The monoisotopic (exact) mass is 327 g/mol. The van der Waals surface area contributed by atoms with Gasteiger partial charge in [-0.05, 0) is 12.8 Å². The Morgan fingerprint density at radius 2 is 2.32 bits per heavy atom. The molecule has 2 amide bonds. The van der Waals surface area contributed by atoms with Crippen molar-refractivity contribution in [3.05, 3.63) is 0 Å². The molecule has 0 aromatic carbocycles. The maximum atomic E-state index is 11.8. The standard InChI is InChI=1S/C13H21N5O3S/c1-17(9-10(19)14-6-4-8-21-2)12-15-16-13(22-12)18-7-3-5-11(18)20/h3-9H2,1-2H3,(H,14,19). The van der Waals surface area contributed by atoms with Crippen LogP contribution in [0.4, 0.5) is 10.3 Å². The van der Waals surface area contributed by atoms with Crippen LogP contribution in [0.2, 0.25) is 0 Å². The molecule has 1 aliphatic rings. The van der Waals surface area contributed by atoms with E-state index in [1.165, 1.54) is 11.3 Å². The molecule has 22 heavy (non-hydrogen) atoms. The topological polar surface area (TPSA) is 87.7 Å². The first-order valence-electron chi connectivity index (χ1n) is 7.22. The summed E-state index contributed by atoms with van der Waals surface area (Å²) in [7, 11) is 3.42. The number of rotatable bonds is 8. The molecule has 1 aromatic heterocycles. The molecule has 122 valence electrons. The van der Waals surface area contributed by atoms with Crippen LogP contribution in [0.3, 0.4) is 0 Å². The summed E-state index contributed by atoms with van der Waals surface area (Å²) in [6.07, 6.45) is 2.20. The smallest absolute Gasteiger partial charge is 0.239 e. The molecule has 0 atom stereocenters. The number of carbonyl (C=O) groups excluding carboxylic acids is 2. The lowest BCUT2D eigenvalue weighted by Crippen LogP contribution is -2.35. The lowest BCUT2D eigenvalue weighted by atomic mass is 10.4. The summed E-state index contributed by atoms with van der Waals surface area (Å²) in [4.78, 5) is 26.9. The first-order valence-corrected chi connectivity index (χ1v) is 8.04. The van der Waals surface area contributed by atoms with E-state index in [0.29, 0.717) is 36.4 Å². The van der Waals surface area contributed by atoms with Crippen molar-refractivity contribution in [3.63, 3.8) is 0 Å². The summed E-state index contributed by atoms with van der Waals surface area (Å²) in [6, 6.07) is 0. The first kappa shape index (κ1) is 16.6. The second kappa shape index (κ2) is 8.04. The van der Waals surface area contributed by atoms with E-state index in [9.17, 15) is 9.59 Å². The average Bonchev–Trinajstić information content (AvgIpc) is 3.12. The van der Waals surface area contributed by atoms with Crippen molar-refractivity contribution in [2.45, 2.75) is 19.3 Å². The lowest BCUT2D eigenvalue weighted by molar-refractivity contribution is -0.120. The van der Waals surface area contributed by atoms with Gasteiger partial charge in [0.05, 0.1) is 6.54 Å². The van der Waals surface area contributed by atoms with Crippen LogP contribution in [-0.2, 0) is 14.3 Å². The maximum absolute atomic E-state index is 11.8. The van der Waals surface area contributed by atoms with Gasteiger partial charge in [-0.2, -0.15) is 0 Å². The van der Waals surface area contributed by atoms with E-state index in [0.717, 1.165) is 12.8 Å². The number of nitrogens with one attached hydrogen (secondary N) is 1. The second-order valence-corrected chi connectivity index (χ2v) is 6.00. The summed E-state index contributed by atoms with van der Waals surface area (Å²) >= 11 is 1.32. The summed E-state index contributed by atoms with van der Waals surface area (Å²) in [5, 5.41) is 12.2. The highest BCUT2D eigenvalue weighted by molar-refractivity contribution is 7.19. The van der Waals surface area contributed by atoms with Gasteiger partial charge < -0.3 is 15.0 Å². The second-order valence-electron chi connectivity index (χ2n) is 5.07.